The number of pyridine rings is 1. The van der Waals surface area contributed by atoms with Crippen molar-refractivity contribution in [3.05, 3.63) is 42.2 Å². The number of nitrogens with zero attached hydrogens (tertiary/aromatic N) is 1. The van der Waals surface area contributed by atoms with E-state index in [9.17, 15) is 0 Å². The smallest absolute Gasteiger partial charge is 0.0710 e. The van der Waals surface area contributed by atoms with Gasteiger partial charge in [0.1, 0.15) is 0 Å². The molecule has 68 valence electrons. The van der Waals surface area contributed by atoms with E-state index in [2.05, 4.69) is 35.1 Å². The van der Waals surface area contributed by atoms with Crippen molar-refractivity contribution in [3.8, 4) is 0 Å². The third-order valence-electron chi connectivity index (χ3n) is 2.64. The molecular formula is C12H10N2. The first-order chi connectivity index (χ1) is 6.86. The van der Waals surface area contributed by atoms with Crippen LogP contribution in [-0.4, -0.2) is 9.97 Å². The van der Waals surface area contributed by atoms with E-state index in [0.29, 0.717) is 0 Å². The van der Waals surface area contributed by atoms with E-state index in [1.165, 1.54) is 21.9 Å². The molecule has 14 heavy (non-hydrogen) atoms. The third-order valence-corrected chi connectivity index (χ3v) is 2.64. The van der Waals surface area contributed by atoms with Crippen molar-refractivity contribution in [1.29, 1.82) is 0 Å². The zero-order chi connectivity index (χ0) is 9.54. The molecule has 0 unspecified atom stereocenters. The Labute approximate surface area is 81.6 Å². The Morgan fingerprint density at radius 1 is 1.14 bits per heavy atom. The van der Waals surface area contributed by atoms with Crippen molar-refractivity contribution < 1.29 is 0 Å². The van der Waals surface area contributed by atoms with Gasteiger partial charge < -0.3 is 4.98 Å². The van der Waals surface area contributed by atoms with Crippen molar-refractivity contribution in [2.45, 2.75) is 6.92 Å². The molecular weight excluding hydrogens is 172 g/mol. The van der Waals surface area contributed by atoms with Crippen LogP contribution in [0.25, 0.3) is 21.8 Å². The SMILES string of the molecule is Cc1cc[nH]c2ccc3nccc3c12. The third kappa shape index (κ3) is 0.880. The normalized spacial score (nSPS) is 11.2. The summed E-state index contributed by atoms with van der Waals surface area (Å²) in [6, 6.07) is 8.29. The lowest BCUT2D eigenvalue weighted by atomic mass is 10.1. The molecule has 2 nitrogen and oxygen atoms in total. The summed E-state index contributed by atoms with van der Waals surface area (Å²) < 4.78 is 0. The second-order valence-corrected chi connectivity index (χ2v) is 3.53. The summed E-state index contributed by atoms with van der Waals surface area (Å²) in [6.07, 6.45) is 3.83. The van der Waals surface area contributed by atoms with Crippen LogP contribution in [0.4, 0.5) is 0 Å². The van der Waals surface area contributed by atoms with Crippen LogP contribution in [0.15, 0.2) is 36.7 Å². The zero-order valence-electron chi connectivity index (χ0n) is 7.91. The van der Waals surface area contributed by atoms with Crippen LogP contribution in [0.1, 0.15) is 5.56 Å². The monoisotopic (exact) mass is 182 g/mol. The number of hydrogen-bond donors (Lipinski definition) is 1. The summed E-state index contributed by atoms with van der Waals surface area (Å²) in [6.45, 7) is 2.13. The second kappa shape index (κ2) is 2.58. The first-order valence-corrected chi connectivity index (χ1v) is 4.68. The molecule has 1 N–H and O–H groups in total. The van der Waals surface area contributed by atoms with Gasteiger partial charge >= 0.3 is 0 Å². The number of benzene rings is 1. The molecule has 2 heterocycles. The fourth-order valence-electron chi connectivity index (χ4n) is 1.97. The van der Waals surface area contributed by atoms with E-state index in [1.54, 1.807) is 0 Å². The summed E-state index contributed by atoms with van der Waals surface area (Å²) in [5.41, 5.74) is 3.53. The predicted octanol–water partition coefficient (Wildman–Crippen LogP) is 3.02. The molecule has 2 heteroatoms. The minimum Gasteiger partial charge on any atom is -0.361 e. The number of hydrogen-bond acceptors (Lipinski definition) is 1. The molecule has 0 aliphatic heterocycles. The van der Waals surface area contributed by atoms with Gasteiger partial charge in [-0.2, -0.15) is 0 Å². The Morgan fingerprint density at radius 2 is 2.07 bits per heavy atom. The van der Waals surface area contributed by atoms with Gasteiger partial charge in [-0.05, 0) is 36.8 Å². The van der Waals surface area contributed by atoms with Gasteiger partial charge in [0, 0.05) is 28.7 Å². The van der Waals surface area contributed by atoms with Gasteiger partial charge in [0.05, 0.1) is 5.52 Å². The Kier molecular flexibility index (Phi) is 1.39. The molecule has 0 radical (unpaired) electrons. The van der Waals surface area contributed by atoms with Crippen LogP contribution in [-0.2, 0) is 0 Å². The zero-order valence-corrected chi connectivity index (χ0v) is 7.91. The molecule has 0 bridgehead atoms. The Hall–Kier alpha value is -1.83. The first kappa shape index (κ1) is 7.56. The maximum Gasteiger partial charge on any atom is 0.0710 e. The molecule has 3 rings (SSSR count). The topological polar surface area (TPSA) is 28.7 Å². The van der Waals surface area contributed by atoms with E-state index in [0.717, 1.165) is 5.52 Å². The van der Waals surface area contributed by atoms with E-state index in [1.807, 2.05) is 18.5 Å². The molecule has 0 atom stereocenters. The molecule has 1 aromatic carbocycles. The highest BCUT2D eigenvalue weighted by atomic mass is 14.7. The quantitative estimate of drug-likeness (QED) is 0.568. The molecule has 0 spiro atoms. The summed E-state index contributed by atoms with van der Waals surface area (Å²) in [5, 5.41) is 2.51. The van der Waals surface area contributed by atoms with Gasteiger partial charge in [-0.15, -0.1) is 0 Å². The lowest BCUT2D eigenvalue weighted by molar-refractivity contribution is 1.37. The van der Waals surface area contributed by atoms with Crippen LogP contribution in [0.3, 0.4) is 0 Å². The summed E-state index contributed by atoms with van der Waals surface area (Å²) in [4.78, 5) is 7.54. The van der Waals surface area contributed by atoms with E-state index in [4.69, 9.17) is 0 Å². The average molecular weight is 182 g/mol. The average Bonchev–Trinajstić information content (AvgIpc) is 2.65. The fraction of sp³-hybridized carbons (Fsp3) is 0.0833. The molecule has 0 saturated carbocycles. The predicted molar refractivity (Wildman–Crippen MR) is 58.3 cm³/mol. The van der Waals surface area contributed by atoms with Crippen LogP contribution in [0, 0.1) is 6.92 Å². The molecule has 3 aromatic rings. The minimum absolute atomic E-state index is 1.07. The van der Waals surface area contributed by atoms with Crippen LogP contribution in [0.2, 0.25) is 0 Å². The van der Waals surface area contributed by atoms with Crippen molar-refractivity contribution in [3.63, 3.8) is 0 Å². The largest absolute Gasteiger partial charge is 0.361 e. The summed E-state index contributed by atoms with van der Waals surface area (Å²) in [7, 11) is 0. The van der Waals surface area contributed by atoms with Crippen molar-refractivity contribution >= 4 is 21.8 Å². The summed E-state index contributed by atoms with van der Waals surface area (Å²) >= 11 is 0. The minimum atomic E-state index is 1.07. The number of aryl methyl sites for hydroxylation is 1. The highest BCUT2D eigenvalue weighted by Crippen LogP contribution is 2.25. The van der Waals surface area contributed by atoms with Crippen molar-refractivity contribution in [2.75, 3.05) is 0 Å². The van der Waals surface area contributed by atoms with Crippen LogP contribution in [0.5, 0.6) is 0 Å². The van der Waals surface area contributed by atoms with Crippen molar-refractivity contribution in [2.24, 2.45) is 0 Å². The summed E-state index contributed by atoms with van der Waals surface area (Å²) in [5.74, 6) is 0. The number of aromatic amines is 1. The highest BCUT2D eigenvalue weighted by Gasteiger charge is 2.03. The molecule has 0 amide bonds. The van der Waals surface area contributed by atoms with Crippen LogP contribution < -0.4 is 0 Å². The number of fused-ring (bicyclic) bond motifs is 3. The van der Waals surface area contributed by atoms with E-state index >= 15 is 0 Å². The van der Waals surface area contributed by atoms with Crippen LogP contribution >= 0.6 is 0 Å². The van der Waals surface area contributed by atoms with Crippen molar-refractivity contribution in [1.82, 2.24) is 9.97 Å². The van der Waals surface area contributed by atoms with Gasteiger partial charge in [-0.25, -0.2) is 0 Å². The maximum atomic E-state index is 4.30. The number of rotatable bonds is 0. The molecule has 0 fully saturated rings. The standard InChI is InChI=1S/C12H10N2/c1-8-4-6-14-11-3-2-10-9(12(8)11)5-7-13-10/h2-7,14H,1H3. The molecule has 0 aliphatic carbocycles. The van der Waals surface area contributed by atoms with E-state index < -0.39 is 0 Å². The van der Waals surface area contributed by atoms with E-state index in [-0.39, 0.29) is 0 Å². The van der Waals surface area contributed by atoms with Gasteiger partial charge in [-0.1, -0.05) is 0 Å². The lowest BCUT2D eigenvalue weighted by Crippen LogP contribution is -1.82. The number of nitrogens with one attached hydrogen (secondary N) is 1. The maximum absolute atomic E-state index is 4.30. The first-order valence-electron chi connectivity index (χ1n) is 4.68. The lowest BCUT2D eigenvalue weighted by Gasteiger charge is -2.02. The Bertz CT molecular complexity index is 608. The Morgan fingerprint density at radius 3 is 3.00 bits per heavy atom. The molecule has 0 aliphatic rings. The van der Waals surface area contributed by atoms with Gasteiger partial charge in [0.2, 0.25) is 0 Å². The Balaban J connectivity index is 2.67. The fourth-order valence-corrected chi connectivity index (χ4v) is 1.97. The number of H-pyrrole nitrogens is 1. The highest BCUT2D eigenvalue weighted by molar-refractivity contribution is 6.06. The second-order valence-electron chi connectivity index (χ2n) is 3.53. The number of aromatic nitrogens is 2. The molecule has 2 aromatic heterocycles. The van der Waals surface area contributed by atoms with Gasteiger partial charge in [0.15, 0.2) is 0 Å². The van der Waals surface area contributed by atoms with Gasteiger partial charge in [0.25, 0.3) is 0 Å². The van der Waals surface area contributed by atoms with Gasteiger partial charge in [-0.3, -0.25) is 4.98 Å². The molecule has 0 saturated heterocycles.